The molecule has 0 aliphatic rings. The van der Waals surface area contributed by atoms with Gasteiger partial charge < -0.3 is 20.1 Å². The van der Waals surface area contributed by atoms with E-state index in [0.29, 0.717) is 30.0 Å². The van der Waals surface area contributed by atoms with Crippen LogP contribution in [0, 0.1) is 0 Å². The van der Waals surface area contributed by atoms with Gasteiger partial charge in [0.05, 0.1) is 18.3 Å². The minimum absolute atomic E-state index is 0.0457. The molecule has 2 aromatic carbocycles. The summed E-state index contributed by atoms with van der Waals surface area (Å²) >= 11 is 0. The first-order valence-electron chi connectivity index (χ1n) is 8.38. The highest BCUT2D eigenvalue weighted by Gasteiger charge is 2.19. The van der Waals surface area contributed by atoms with Crippen LogP contribution < -0.4 is 20.1 Å². The molecule has 5 nitrogen and oxygen atoms in total. The molecule has 2 aromatic rings. The maximum absolute atomic E-state index is 12.6. The number of benzene rings is 2. The zero-order chi connectivity index (χ0) is 18.9. The van der Waals surface area contributed by atoms with Crippen molar-refractivity contribution in [3.63, 3.8) is 0 Å². The molecule has 2 amide bonds. The van der Waals surface area contributed by atoms with E-state index < -0.39 is 18.7 Å². The van der Waals surface area contributed by atoms with Crippen LogP contribution in [0.15, 0.2) is 48.5 Å². The second kappa shape index (κ2) is 9.60. The van der Waals surface area contributed by atoms with E-state index in [4.69, 9.17) is 4.74 Å². The third-order valence-electron chi connectivity index (χ3n) is 3.66. The molecule has 0 aromatic heterocycles. The number of halogens is 2. The molecule has 0 fully saturated rings. The van der Waals surface area contributed by atoms with Gasteiger partial charge in [-0.1, -0.05) is 37.3 Å². The number of hydrogen-bond acceptors (Lipinski definition) is 3. The zero-order valence-electron chi connectivity index (χ0n) is 14.7. The van der Waals surface area contributed by atoms with Crippen molar-refractivity contribution in [3.8, 4) is 11.5 Å². The second-order valence-corrected chi connectivity index (χ2v) is 5.40. The molecule has 1 atom stereocenters. The topological polar surface area (TPSA) is 59.6 Å². The van der Waals surface area contributed by atoms with Gasteiger partial charge in [-0.05, 0) is 31.5 Å². The molecule has 0 bridgehead atoms. The summed E-state index contributed by atoms with van der Waals surface area (Å²) in [5.74, 6) is 0.601. The molecule has 140 valence electrons. The van der Waals surface area contributed by atoms with E-state index >= 15 is 0 Å². The van der Waals surface area contributed by atoms with Crippen molar-refractivity contribution < 1.29 is 23.0 Å². The van der Waals surface area contributed by atoms with Gasteiger partial charge in [-0.2, -0.15) is 8.78 Å². The fraction of sp³-hybridized carbons (Fsp3) is 0.316. The number of carbonyl (C=O) groups excluding carboxylic acids is 1. The molecule has 26 heavy (non-hydrogen) atoms. The fourth-order valence-corrected chi connectivity index (χ4v) is 2.54. The van der Waals surface area contributed by atoms with Crippen LogP contribution in [0.5, 0.6) is 11.5 Å². The summed E-state index contributed by atoms with van der Waals surface area (Å²) in [5.41, 5.74) is 1.02. The Hall–Kier alpha value is -2.83. The number of anilines is 1. The van der Waals surface area contributed by atoms with Crippen molar-refractivity contribution in [2.24, 2.45) is 0 Å². The Balaban J connectivity index is 2.12. The second-order valence-electron chi connectivity index (χ2n) is 5.40. The fourth-order valence-electron chi connectivity index (χ4n) is 2.54. The summed E-state index contributed by atoms with van der Waals surface area (Å²) in [5, 5.41) is 5.51. The average molecular weight is 364 g/mol. The standard InChI is InChI=1S/C19H22F2N2O3/c1-3-14(13-9-5-7-11-16(13)26-18(20)21)22-19(24)23-15-10-6-8-12-17(15)25-4-2/h5-12,14,18H,3-4H2,1-2H3,(H2,22,23,24). The number of carbonyl (C=O) groups is 1. The Kier molecular flexibility index (Phi) is 7.20. The summed E-state index contributed by atoms with van der Waals surface area (Å²) in [4.78, 5) is 12.4. The van der Waals surface area contributed by atoms with Crippen LogP contribution in [0.25, 0.3) is 0 Å². The molecular weight excluding hydrogens is 342 g/mol. The molecule has 0 aliphatic heterocycles. The molecule has 2 N–H and O–H groups in total. The van der Waals surface area contributed by atoms with Crippen molar-refractivity contribution in [3.05, 3.63) is 54.1 Å². The highest BCUT2D eigenvalue weighted by atomic mass is 19.3. The lowest BCUT2D eigenvalue weighted by molar-refractivity contribution is -0.0506. The van der Waals surface area contributed by atoms with Gasteiger partial charge in [0, 0.05) is 5.56 Å². The third-order valence-corrected chi connectivity index (χ3v) is 3.66. The first-order valence-corrected chi connectivity index (χ1v) is 8.38. The summed E-state index contributed by atoms with van der Waals surface area (Å²) in [7, 11) is 0. The Labute approximate surface area is 151 Å². The monoisotopic (exact) mass is 364 g/mol. The molecule has 7 heteroatoms. The highest BCUT2D eigenvalue weighted by Crippen LogP contribution is 2.29. The van der Waals surface area contributed by atoms with Gasteiger partial charge >= 0.3 is 12.6 Å². The largest absolute Gasteiger partial charge is 0.492 e. The number of rotatable bonds is 8. The molecule has 2 rings (SSSR count). The minimum atomic E-state index is -2.93. The Morgan fingerprint density at radius 2 is 1.69 bits per heavy atom. The van der Waals surface area contributed by atoms with E-state index in [-0.39, 0.29) is 5.75 Å². The molecular formula is C19H22F2N2O3. The lowest BCUT2D eigenvalue weighted by Crippen LogP contribution is -2.32. The molecule has 1 unspecified atom stereocenters. The lowest BCUT2D eigenvalue weighted by Gasteiger charge is -2.21. The summed E-state index contributed by atoms with van der Waals surface area (Å²) in [6, 6.07) is 12.5. The van der Waals surface area contributed by atoms with Gasteiger partial charge in [0.1, 0.15) is 11.5 Å². The summed E-state index contributed by atoms with van der Waals surface area (Å²) in [6.45, 7) is 1.24. The number of para-hydroxylation sites is 3. The van der Waals surface area contributed by atoms with Crippen LogP contribution in [-0.4, -0.2) is 19.2 Å². The highest BCUT2D eigenvalue weighted by molar-refractivity contribution is 5.91. The quantitative estimate of drug-likeness (QED) is 0.696. The van der Waals surface area contributed by atoms with Crippen molar-refractivity contribution >= 4 is 11.7 Å². The van der Waals surface area contributed by atoms with Crippen LogP contribution in [-0.2, 0) is 0 Å². The van der Waals surface area contributed by atoms with Crippen molar-refractivity contribution in [1.29, 1.82) is 0 Å². The Morgan fingerprint density at radius 3 is 2.35 bits per heavy atom. The maximum Gasteiger partial charge on any atom is 0.387 e. The lowest BCUT2D eigenvalue weighted by atomic mass is 10.0. The summed E-state index contributed by atoms with van der Waals surface area (Å²) in [6.07, 6.45) is 0.504. The van der Waals surface area contributed by atoms with Crippen LogP contribution in [0.2, 0.25) is 0 Å². The van der Waals surface area contributed by atoms with E-state index in [1.54, 1.807) is 42.5 Å². The first kappa shape index (κ1) is 19.5. The van der Waals surface area contributed by atoms with Gasteiger partial charge in [-0.25, -0.2) is 4.79 Å². The SMILES string of the molecule is CCOc1ccccc1NC(=O)NC(CC)c1ccccc1OC(F)F. The number of alkyl halides is 2. The normalized spacial score (nSPS) is 11.7. The first-order chi connectivity index (χ1) is 12.5. The van der Waals surface area contributed by atoms with Crippen molar-refractivity contribution in [2.75, 3.05) is 11.9 Å². The maximum atomic E-state index is 12.6. The number of ether oxygens (including phenoxy) is 2. The van der Waals surface area contributed by atoms with Gasteiger partial charge in [-0.3, -0.25) is 0 Å². The minimum Gasteiger partial charge on any atom is -0.492 e. The van der Waals surface area contributed by atoms with Gasteiger partial charge in [-0.15, -0.1) is 0 Å². The zero-order valence-corrected chi connectivity index (χ0v) is 14.7. The van der Waals surface area contributed by atoms with E-state index in [2.05, 4.69) is 15.4 Å². The smallest absolute Gasteiger partial charge is 0.387 e. The number of amides is 2. The molecule has 0 heterocycles. The average Bonchev–Trinajstić information content (AvgIpc) is 2.62. The van der Waals surface area contributed by atoms with Gasteiger partial charge in [0.25, 0.3) is 0 Å². The van der Waals surface area contributed by atoms with Crippen LogP contribution in [0.3, 0.4) is 0 Å². The summed E-state index contributed by atoms with van der Waals surface area (Å²) < 4.78 is 35.2. The van der Waals surface area contributed by atoms with E-state index in [9.17, 15) is 13.6 Å². The Morgan fingerprint density at radius 1 is 1.04 bits per heavy atom. The number of hydrogen-bond donors (Lipinski definition) is 2. The van der Waals surface area contributed by atoms with Gasteiger partial charge in [0.2, 0.25) is 0 Å². The van der Waals surface area contributed by atoms with E-state index in [1.807, 2.05) is 13.8 Å². The third kappa shape index (κ3) is 5.34. The van der Waals surface area contributed by atoms with Crippen LogP contribution in [0.1, 0.15) is 31.9 Å². The van der Waals surface area contributed by atoms with Crippen molar-refractivity contribution in [2.45, 2.75) is 32.9 Å². The van der Waals surface area contributed by atoms with Crippen LogP contribution >= 0.6 is 0 Å². The predicted molar refractivity (Wildman–Crippen MR) is 95.9 cm³/mol. The van der Waals surface area contributed by atoms with Crippen LogP contribution in [0.4, 0.5) is 19.3 Å². The number of nitrogens with one attached hydrogen (secondary N) is 2. The van der Waals surface area contributed by atoms with E-state index in [1.165, 1.54) is 6.07 Å². The molecule has 0 saturated carbocycles. The van der Waals surface area contributed by atoms with Gasteiger partial charge in [0.15, 0.2) is 0 Å². The molecule has 0 aliphatic carbocycles. The van der Waals surface area contributed by atoms with Crippen molar-refractivity contribution in [1.82, 2.24) is 5.32 Å². The predicted octanol–water partition coefficient (Wildman–Crippen LogP) is 4.96. The molecule has 0 radical (unpaired) electrons. The molecule has 0 spiro atoms. The number of urea groups is 1. The molecule has 0 saturated heterocycles. The van der Waals surface area contributed by atoms with E-state index in [0.717, 1.165) is 0 Å². The Bertz CT molecular complexity index is 725.